The third kappa shape index (κ3) is 1.59. The van der Waals surface area contributed by atoms with Crippen LogP contribution in [0, 0.1) is 0 Å². The topological polar surface area (TPSA) is 31.1 Å². The maximum atomic E-state index is 3.27. The average molecular weight is 205 g/mol. The molecule has 15 heavy (non-hydrogen) atoms. The third-order valence-corrected chi connectivity index (χ3v) is 2.62. The lowest BCUT2D eigenvalue weighted by atomic mass is 10.1. The van der Waals surface area contributed by atoms with Crippen molar-refractivity contribution in [2.45, 2.75) is 20.4 Å². The SMILES string of the molecule is CC.CN1NCc2cc3[nH]ccc3cc21.[HH]. The molecule has 0 radical (unpaired) electrons. The van der Waals surface area contributed by atoms with Gasteiger partial charge in [-0.3, -0.25) is 0 Å². The van der Waals surface area contributed by atoms with Gasteiger partial charge in [-0.1, -0.05) is 13.8 Å². The summed E-state index contributed by atoms with van der Waals surface area (Å²) in [5.41, 5.74) is 7.13. The van der Waals surface area contributed by atoms with Gasteiger partial charge in [-0.05, 0) is 23.8 Å². The summed E-state index contributed by atoms with van der Waals surface area (Å²) in [5.74, 6) is 0. The first-order valence-corrected chi connectivity index (χ1v) is 5.42. The van der Waals surface area contributed by atoms with Gasteiger partial charge in [-0.25, -0.2) is 5.43 Å². The summed E-state index contributed by atoms with van der Waals surface area (Å²) < 4.78 is 0. The molecule has 0 saturated carbocycles. The van der Waals surface area contributed by atoms with Crippen molar-refractivity contribution in [3.05, 3.63) is 30.0 Å². The number of anilines is 1. The van der Waals surface area contributed by atoms with Gasteiger partial charge in [0.25, 0.3) is 0 Å². The number of nitrogens with one attached hydrogen (secondary N) is 2. The Kier molecular flexibility index (Phi) is 2.64. The van der Waals surface area contributed by atoms with Crippen molar-refractivity contribution in [3.63, 3.8) is 0 Å². The van der Waals surface area contributed by atoms with Crippen LogP contribution in [0.1, 0.15) is 20.8 Å². The number of rotatable bonds is 0. The van der Waals surface area contributed by atoms with E-state index in [-0.39, 0.29) is 1.43 Å². The highest BCUT2D eigenvalue weighted by molar-refractivity contribution is 5.85. The van der Waals surface area contributed by atoms with Crippen LogP contribution < -0.4 is 10.4 Å². The monoisotopic (exact) mass is 205 g/mol. The van der Waals surface area contributed by atoms with Crippen LogP contribution in [0.25, 0.3) is 10.9 Å². The van der Waals surface area contributed by atoms with Crippen molar-refractivity contribution in [3.8, 4) is 0 Å². The van der Waals surface area contributed by atoms with Crippen LogP contribution >= 0.6 is 0 Å². The smallest absolute Gasteiger partial charge is 0.0569 e. The van der Waals surface area contributed by atoms with Gasteiger partial charge in [-0.2, -0.15) is 0 Å². The highest BCUT2D eigenvalue weighted by Crippen LogP contribution is 2.28. The first-order valence-electron chi connectivity index (χ1n) is 5.42. The Morgan fingerprint density at radius 1 is 1.33 bits per heavy atom. The zero-order valence-corrected chi connectivity index (χ0v) is 9.46. The predicted molar refractivity (Wildman–Crippen MR) is 67.0 cm³/mol. The van der Waals surface area contributed by atoms with Crippen molar-refractivity contribution >= 4 is 16.6 Å². The van der Waals surface area contributed by atoms with Crippen molar-refractivity contribution in [2.75, 3.05) is 12.1 Å². The van der Waals surface area contributed by atoms with Crippen molar-refractivity contribution in [1.29, 1.82) is 0 Å². The summed E-state index contributed by atoms with van der Waals surface area (Å²) in [6, 6.07) is 6.52. The second-order valence-electron chi connectivity index (χ2n) is 3.44. The largest absolute Gasteiger partial charge is 0.361 e. The fourth-order valence-electron chi connectivity index (χ4n) is 1.88. The zero-order chi connectivity index (χ0) is 10.8. The van der Waals surface area contributed by atoms with Crippen LogP contribution in [0.3, 0.4) is 0 Å². The Balaban J connectivity index is 0.000000406. The summed E-state index contributed by atoms with van der Waals surface area (Å²) in [5, 5.41) is 3.34. The van der Waals surface area contributed by atoms with Crippen LogP contribution in [0.15, 0.2) is 24.4 Å². The summed E-state index contributed by atoms with van der Waals surface area (Å²) in [6.07, 6.45) is 1.98. The van der Waals surface area contributed by atoms with Crippen LogP contribution in [-0.4, -0.2) is 12.0 Å². The van der Waals surface area contributed by atoms with E-state index in [1.807, 2.05) is 27.1 Å². The van der Waals surface area contributed by atoms with Crippen molar-refractivity contribution in [2.24, 2.45) is 0 Å². The van der Waals surface area contributed by atoms with E-state index < -0.39 is 0 Å². The molecule has 82 valence electrons. The van der Waals surface area contributed by atoms with Crippen LogP contribution in [-0.2, 0) is 6.54 Å². The number of H-pyrrole nitrogens is 1. The van der Waals surface area contributed by atoms with Crippen LogP contribution in [0.2, 0.25) is 0 Å². The van der Waals surface area contributed by atoms with E-state index in [4.69, 9.17) is 0 Å². The highest BCUT2D eigenvalue weighted by atomic mass is 15.5. The molecule has 0 atom stereocenters. The number of aromatic nitrogens is 1. The Morgan fingerprint density at radius 3 is 2.93 bits per heavy atom. The number of benzene rings is 1. The fraction of sp³-hybridized carbons (Fsp3) is 0.333. The van der Waals surface area contributed by atoms with Gasteiger partial charge in [-0.15, -0.1) is 0 Å². The lowest BCUT2D eigenvalue weighted by Crippen LogP contribution is -2.26. The zero-order valence-electron chi connectivity index (χ0n) is 9.46. The van der Waals surface area contributed by atoms with Gasteiger partial charge >= 0.3 is 0 Å². The lowest BCUT2D eigenvalue weighted by Gasteiger charge is -2.11. The Labute approximate surface area is 91.5 Å². The number of fused-ring (bicyclic) bond motifs is 2. The first kappa shape index (κ1) is 10.1. The Bertz CT molecular complexity index is 464. The van der Waals surface area contributed by atoms with Gasteiger partial charge < -0.3 is 9.99 Å². The molecule has 1 aliphatic heterocycles. The molecule has 1 aromatic heterocycles. The Hall–Kier alpha value is -1.48. The molecule has 0 amide bonds. The van der Waals surface area contributed by atoms with E-state index in [9.17, 15) is 0 Å². The molecule has 0 aliphatic carbocycles. The standard InChI is InChI=1S/C10H11N3.C2H6.H2/c1-13-10-5-7-2-3-11-9(7)4-8(10)6-12-13;1-2;/h2-5,11-12H,6H2,1H3;1-2H3;1H. The van der Waals surface area contributed by atoms with E-state index in [0.29, 0.717) is 0 Å². The quantitative estimate of drug-likeness (QED) is 0.693. The number of hydrazine groups is 1. The summed E-state index contributed by atoms with van der Waals surface area (Å²) >= 11 is 0. The summed E-state index contributed by atoms with van der Waals surface area (Å²) in [7, 11) is 2.05. The molecule has 0 fully saturated rings. The molecule has 2 aromatic rings. The van der Waals surface area contributed by atoms with Gasteiger partial charge in [0.1, 0.15) is 0 Å². The number of nitrogens with zero attached hydrogens (tertiary/aromatic N) is 1. The fourth-order valence-corrected chi connectivity index (χ4v) is 1.88. The van der Waals surface area contributed by atoms with E-state index in [1.54, 1.807) is 0 Å². The highest BCUT2D eigenvalue weighted by Gasteiger charge is 2.15. The Morgan fingerprint density at radius 2 is 2.13 bits per heavy atom. The number of hydrogen-bond donors (Lipinski definition) is 2. The molecule has 2 heterocycles. The van der Waals surface area contributed by atoms with Gasteiger partial charge in [0.2, 0.25) is 0 Å². The minimum atomic E-state index is 0. The summed E-state index contributed by atoms with van der Waals surface area (Å²) in [4.78, 5) is 3.22. The minimum absolute atomic E-state index is 0. The molecule has 3 nitrogen and oxygen atoms in total. The average Bonchev–Trinajstić information content (AvgIpc) is 2.86. The molecule has 0 bridgehead atoms. The maximum absolute atomic E-state index is 3.27. The van der Waals surface area contributed by atoms with Crippen LogP contribution in [0.5, 0.6) is 0 Å². The molecule has 3 heteroatoms. The maximum Gasteiger partial charge on any atom is 0.0569 e. The molecular formula is C12H19N3. The molecular weight excluding hydrogens is 186 g/mol. The van der Waals surface area contributed by atoms with Gasteiger partial charge in [0.05, 0.1) is 5.69 Å². The summed E-state index contributed by atoms with van der Waals surface area (Å²) in [6.45, 7) is 4.93. The molecule has 0 spiro atoms. The van der Waals surface area contributed by atoms with E-state index in [2.05, 4.69) is 33.6 Å². The predicted octanol–water partition coefficient (Wildman–Crippen LogP) is 2.89. The van der Waals surface area contributed by atoms with Gasteiger partial charge in [0.15, 0.2) is 0 Å². The molecule has 1 aromatic carbocycles. The van der Waals surface area contributed by atoms with E-state index in [0.717, 1.165) is 6.54 Å². The molecule has 1 aliphatic rings. The lowest BCUT2D eigenvalue weighted by molar-refractivity contribution is 0.735. The normalized spacial score (nSPS) is 13.7. The minimum Gasteiger partial charge on any atom is -0.361 e. The van der Waals surface area contributed by atoms with Gasteiger partial charge in [0, 0.05) is 32.1 Å². The molecule has 3 rings (SSSR count). The van der Waals surface area contributed by atoms with E-state index in [1.165, 1.54) is 22.2 Å². The van der Waals surface area contributed by atoms with Crippen molar-refractivity contribution < 1.29 is 1.43 Å². The van der Waals surface area contributed by atoms with Crippen molar-refractivity contribution in [1.82, 2.24) is 10.4 Å². The molecule has 2 N–H and O–H groups in total. The van der Waals surface area contributed by atoms with Crippen LogP contribution in [0.4, 0.5) is 5.69 Å². The number of aromatic amines is 1. The number of hydrogen-bond acceptors (Lipinski definition) is 2. The second kappa shape index (κ2) is 3.95. The molecule has 0 saturated heterocycles. The molecule has 0 unspecified atom stereocenters. The van der Waals surface area contributed by atoms with E-state index >= 15 is 0 Å². The first-order chi connectivity index (χ1) is 7.34. The second-order valence-corrected chi connectivity index (χ2v) is 3.44. The third-order valence-electron chi connectivity index (χ3n) is 2.62.